The van der Waals surface area contributed by atoms with Crippen molar-refractivity contribution in [3.05, 3.63) is 65.7 Å². The molecule has 2 aromatic carbocycles. The Hall–Kier alpha value is -3.79. The van der Waals surface area contributed by atoms with Gasteiger partial charge in [0.05, 0.1) is 49.6 Å². The fraction of sp³-hybridized carbons (Fsp3) is 0.485. The van der Waals surface area contributed by atoms with Gasteiger partial charge in [-0.3, -0.25) is 4.79 Å². The number of carbonyl (C=O) groups excluding carboxylic acids is 1. The normalized spacial score (nSPS) is 21.1. The average molecular weight is 542 g/mol. The van der Waals surface area contributed by atoms with Gasteiger partial charge in [0.2, 0.25) is 5.91 Å². The molecule has 2 aromatic rings. The van der Waals surface area contributed by atoms with Gasteiger partial charge in [-0.05, 0) is 81.0 Å². The highest BCUT2D eigenvalue weighted by molar-refractivity contribution is 6.07. The molecule has 1 fully saturated rings. The highest BCUT2D eigenvalue weighted by atomic mass is 16.5. The van der Waals surface area contributed by atoms with Crippen molar-refractivity contribution < 1.29 is 19.0 Å². The molecule has 0 spiro atoms. The summed E-state index contributed by atoms with van der Waals surface area (Å²) in [6.07, 6.45) is 14.5. The molecule has 1 saturated carbocycles. The monoisotopic (exact) mass is 541 g/mol. The minimum Gasteiger partial charge on any atom is -0.494 e. The highest BCUT2D eigenvalue weighted by Gasteiger charge is 2.42. The molecular formula is C33H39N3O4. The van der Waals surface area contributed by atoms with Crippen LogP contribution in [0.1, 0.15) is 75.3 Å². The van der Waals surface area contributed by atoms with E-state index in [1.807, 2.05) is 35.3 Å². The molecule has 2 aliphatic carbocycles. The molecule has 1 aliphatic heterocycles. The van der Waals surface area contributed by atoms with E-state index in [2.05, 4.69) is 18.2 Å². The summed E-state index contributed by atoms with van der Waals surface area (Å²) in [4.78, 5) is 13.6. The van der Waals surface area contributed by atoms with Crippen LogP contribution in [-0.4, -0.2) is 43.0 Å². The summed E-state index contributed by atoms with van der Waals surface area (Å²) in [6.45, 7) is 1.11. The summed E-state index contributed by atoms with van der Waals surface area (Å²) in [6, 6.07) is 15.5. The van der Waals surface area contributed by atoms with E-state index in [0.29, 0.717) is 30.3 Å². The second-order valence-electron chi connectivity index (χ2n) is 10.9. The molecular weight excluding hydrogens is 502 g/mol. The fourth-order valence-electron chi connectivity index (χ4n) is 5.99. The number of rotatable bonds is 10. The number of nitriles is 1. The third-order valence-electron chi connectivity index (χ3n) is 8.22. The molecule has 0 bridgehead atoms. The zero-order valence-corrected chi connectivity index (χ0v) is 23.4. The standard InChI is InChI=1S/C33H39N3O4/c1-38-30-19-16-25(22-31(30)40-21-9-8-20-39-27-17-14-24(23-34)15-18-27)32-28-12-6-7-13-29(28)33(37)36(35-32)26-10-4-2-3-5-11-26/h6-7,14-19,22,26,28-29H,2-5,8-13,20-21H2,1H3/t28-,29+/m1/s1. The van der Waals surface area contributed by atoms with Crippen molar-refractivity contribution in [3.8, 4) is 23.3 Å². The second-order valence-corrected chi connectivity index (χ2v) is 10.9. The number of unbranched alkanes of at least 4 members (excludes halogenated alkanes) is 1. The van der Waals surface area contributed by atoms with Gasteiger partial charge in [-0.15, -0.1) is 0 Å². The lowest BCUT2D eigenvalue weighted by Crippen LogP contribution is -2.49. The first-order chi connectivity index (χ1) is 19.7. The van der Waals surface area contributed by atoms with Gasteiger partial charge in [0, 0.05) is 11.5 Å². The predicted molar refractivity (Wildman–Crippen MR) is 155 cm³/mol. The van der Waals surface area contributed by atoms with E-state index in [1.165, 1.54) is 12.8 Å². The Morgan fingerprint density at radius 1 is 0.900 bits per heavy atom. The summed E-state index contributed by atoms with van der Waals surface area (Å²) in [5.41, 5.74) is 2.60. The van der Waals surface area contributed by atoms with Gasteiger partial charge in [-0.1, -0.05) is 37.8 Å². The lowest BCUT2D eigenvalue weighted by molar-refractivity contribution is -0.140. The lowest BCUT2D eigenvalue weighted by atomic mass is 9.76. The van der Waals surface area contributed by atoms with Crippen molar-refractivity contribution in [2.45, 2.75) is 70.3 Å². The first-order valence-corrected chi connectivity index (χ1v) is 14.7. The van der Waals surface area contributed by atoms with Gasteiger partial charge >= 0.3 is 0 Å². The Morgan fingerprint density at radius 2 is 1.60 bits per heavy atom. The van der Waals surface area contributed by atoms with Gasteiger partial charge in [0.15, 0.2) is 11.5 Å². The molecule has 0 aromatic heterocycles. The van der Waals surface area contributed by atoms with E-state index in [0.717, 1.165) is 68.4 Å². The molecule has 0 N–H and O–H groups in total. The van der Waals surface area contributed by atoms with Crippen molar-refractivity contribution >= 4 is 11.6 Å². The van der Waals surface area contributed by atoms with E-state index >= 15 is 0 Å². The lowest BCUT2D eigenvalue weighted by Gasteiger charge is -2.40. The number of hydrogen-bond acceptors (Lipinski definition) is 6. The quantitative estimate of drug-likeness (QED) is 0.191. The van der Waals surface area contributed by atoms with Gasteiger partial charge < -0.3 is 14.2 Å². The SMILES string of the molecule is COc1ccc(C2=NN(C3CCCCCC3)C(=O)[C@H]3CC=CC[C@@H]23)cc1OCCCCOc1ccc(C#N)cc1. The second kappa shape index (κ2) is 13.5. The van der Waals surface area contributed by atoms with E-state index in [4.69, 9.17) is 24.6 Å². The van der Waals surface area contributed by atoms with E-state index in [1.54, 1.807) is 19.2 Å². The minimum absolute atomic E-state index is 0.0525. The summed E-state index contributed by atoms with van der Waals surface area (Å²) < 4.78 is 17.6. The first kappa shape index (κ1) is 27.8. The Kier molecular flexibility index (Phi) is 9.38. The van der Waals surface area contributed by atoms with Crippen molar-refractivity contribution in [2.75, 3.05) is 20.3 Å². The van der Waals surface area contributed by atoms with Crippen molar-refractivity contribution in [1.29, 1.82) is 5.26 Å². The predicted octanol–water partition coefficient (Wildman–Crippen LogP) is 6.66. The molecule has 1 amide bonds. The number of fused-ring (bicyclic) bond motifs is 1. The van der Waals surface area contributed by atoms with Gasteiger partial charge in [0.1, 0.15) is 5.75 Å². The van der Waals surface area contributed by atoms with Crippen LogP contribution in [0.3, 0.4) is 0 Å². The van der Waals surface area contributed by atoms with E-state index in [-0.39, 0.29) is 23.8 Å². The molecule has 7 heteroatoms. The van der Waals surface area contributed by atoms with Crippen LogP contribution < -0.4 is 14.2 Å². The van der Waals surface area contributed by atoms with Crippen LogP contribution in [0.5, 0.6) is 17.2 Å². The Balaban J connectivity index is 1.26. The van der Waals surface area contributed by atoms with E-state index in [9.17, 15) is 4.79 Å². The summed E-state index contributed by atoms with van der Waals surface area (Å²) in [5, 5.41) is 15.8. The number of hydrazone groups is 1. The zero-order chi connectivity index (χ0) is 27.7. The minimum atomic E-state index is -0.0525. The first-order valence-electron chi connectivity index (χ1n) is 14.7. The van der Waals surface area contributed by atoms with Crippen LogP contribution in [0.25, 0.3) is 0 Å². The van der Waals surface area contributed by atoms with Crippen LogP contribution in [0.4, 0.5) is 0 Å². The molecule has 2 atom stereocenters. The number of allylic oxidation sites excluding steroid dienone is 2. The number of benzene rings is 2. The summed E-state index contributed by atoms with van der Waals surface area (Å²) >= 11 is 0. The molecule has 3 aliphatic rings. The maximum atomic E-state index is 13.6. The van der Waals surface area contributed by atoms with Crippen molar-refractivity contribution in [1.82, 2.24) is 5.01 Å². The average Bonchev–Trinajstić information content (AvgIpc) is 3.29. The maximum absolute atomic E-state index is 13.6. The van der Waals surface area contributed by atoms with Crippen molar-refractivity contribution in [2.24, 2.45) is 16.9 Å². The zero-order valence-electron chi connectivity index (χ0n) is 23.4. The molecule has 0 radical (unpaired) electrons. The molecule has 5 rings (SSSR count). The largest absolute Gasteiger partial charge is 0.494 e. The molecule has 210 valence electrons. The number of nitrogens with zero attached hydrogens (tertiary/aromatic N) is 3. The third kappa shape index (κ3) is 6.50. The van der Waals surface area contributed by atoms with Gasteiger partial charge in [-0.25, -0.2) is 5.01 Å². The van der Waals surface area contributed by atoms with Crippen LogP contribution in [0.15, 0.2) is 59.7 Å². The number of methoxy groups -OCH3 is 1. The molecule has 1 heterocycles. The Bertz CT molecular complexity index is 1260. The highest BCUT2D eigenvalue weighted by Crippen LogP contribution is 2.39. The van der Waals surface area contributed by atoms with Crippen LogP contribution in [0.2, 0.25) is 0 Å². The number of ether oxygens (including phenoxy) is 3. The topological polar surface area (TPSA) is 84.2 Å². The molecule has 0 unspecified atom stereocenters. The third-order valence-corrected chi connectivity index (χ3v) is 8.22. The van der Waals surface area contributed by atoms with Crippen molar-refractivity contribution in [3.63, 3.8) is 0 Å². The molecule has 40 heavy (non-hydrogen) atoms. The van der Waals surface area contributed by atoms with Crippen LogP contribution >= 0.6 is 0 Å². The number of hydrogen-bond donors (Lipinski definition) is 0. The smallest absolute Gasteiger partial charge is 0.247 e. The van der Waals surface area contributed by atoms with Gasteiger partial charge in [0.25, 0.3) is 0 Å². The summed E-state index contributed by atoms with van der Waals surface area (Å²) in [5.74, 6) is 2.36. The Morgan fingerprint density at radius 3 is 2.30 bits per heavy atom. The van der Waals surface area contributed by atoms with Crippen LogP contribution in [0, 0.1) is 23.2 Å². The maximum Gasteiger partial charge on any atom is 0.247 e. The Labute approximate surface area is 237 Å². The molecule has 7 nitrogen and oxygen atoms in total. The van der Waals surface area contributed by atoms with Crippen LogP contribution in [-0.2, 0) is 4.79 Å². The van der Waals surface area contributed by atoms with E-state index < -0.39 is 0 Å². The fourth-order valence-corrected chi connectivity index (χ4v) is 5.99. The number of carbonyl (C=O) groups is 1. The molecule has 0 saturated heterocycles. The number of amides is 1. The van der Waals surface area contributed by atoms with Gasteiger partial charge in [-0.2, -0.15) is 10.4 Å². The summed E-state index contributed by atoms with van der Waals surface area (Å²) in [7, 11) is 1.65.